The third kappa shape index (κ3) is 2.79. The number of hydrogen-bond acceptors (Lipinski definition) is 4. The Bertz CT molecular complexity index is 731. The molecule has 6 heteroatoms. The summed E-state index contributed by atoms with van der Waals surface area (Å²) in [6.07, 6.45) is 2.65. The molecule has 0 bridgehead atoms. The quantitative estimate of drug-likeness (QED) is 0.797. The Balaban J connectivity index is 1.92. The van der Waals surface area contributed by atoms with Gasteiger partial charge in [-0.05, 0) is 29.8 Å². The lowest BCUT2D eigenvalue weighted by Crippen LogP contribution is -1.95. The van der Waals surface area contributed by atoms with Crippen molar-refractivity contribution in [3.63, 3.8) is 0 Å². The first-order valence-corrected chi connectivity index (χ1v) is 6.36. The molecule has 2 N–H and O–H groups in total. The van der Waals surface area contributed by atoms with Crippen molar-refractivity contribution in [1.82, 2.24) is 5.16 Å². The molecule has 2 heterocycles. The van der Waals surface area contributed by atoms with Gasteiger partial charge in [0.05, 0.1) is 17.5 Å². The van der Waals surface area contributed by atoms with Gasteiger partial charge in [-0.1, -0.05) is 5.16 Å². The first-order valence-electron chi connectivity index (χ1n) is 6.36. The van der Waals surface area contributed by atoms with E-state index in [-0.39, 0.29) is 5.88 Å². The molecule has 108 valence electrons. The smallest absolute Gasteiger partial charge is 0.230 e. The Morgan fingerprint density at radius 1 is 1.10 bits per heavy atom. The third-order valence-corrected chi connectivity index (χ3v) is 3.13. The average Bonchev–Trinajstić information content (AvgIpc) is 3.04. The van der Waals surface area contributed by atoms with Crippen LogP contribution in [0.15, 0.2) is 45.5 Å². The maximum Gasteiger partial charge on any atom is 0.230 e. The summed E-state index contributed by atoms with van der Waals surface area (Å²) >= 11 is 0. The Morgan fingerprint density at radius 3 is 2.52 bits per heavy atom. The standard InChI is InChI=1S/C15H12F2N2O2/c16-10-6-9(7-11(17)8-10)14-13(19-21-15(14)18)4-3-12-2-1-5-20-12/h1-2,5-8H,3-4,18H2. The predicted octanol–water partition coefficient (Wildman–Crippen LogP) is 3.58. The van der Waals surface area contributed by atoms with Crippen molar-refractivity contribution in [3.05, 3.63) is 59.7 Å². The van der Waals surface area contributed by atoms with E-state index in [0.29, 0.717) is 29.7 Å². The number of aryl methyl sites for hydroxylation is 2. The van der Waals surface area contributed by atoms with E-state index in [0.717, 1.165) is 11.8 Å². The summed E-state index contributed by atoms with van der Waals surface area (Å²) in [7, 11) is 0. The van der Waals surface area contributed by atoms with Crippen molar-refractivity contribution < 1.29 is 17.7 Å². The van der Waals surface area contributed by atoms with Gasteiger partial charge in [0.1, 0.15) is 17.4 Å². The zero-order chi connectivity index (χ0) is 14.8. The summed E-state index contributed by atoms with van der Waals surface area (Å²) < 4.78 is 36.9. The van der Waals surface area contributed by atoms with Crippen LogP contribution >= 0.6 is 0 Å². The molecule has 0 aliphatic carbocycles. The summed E-state index contributed by atoms with van der Waals surface area (Å²) in [6, 6.07) is 6.82. The van der Waals surface area contributed by atoms with E-state index >= 15 is 0 Å². The molecule has 0 atom stereocenters. The van der Waals surface area contributed by atoms with Crippen LogP contribution in [-0.2, 0) is 12.8 Å². The van der Waals surface area contributed by atoms with Gasteiger partial charge in [-0.15, -0.1) is 0 Å². The highest BCUT2D eigenvalue weighted by molar-refractivity contribution is 5.75. The Labute approximate surface area is 119 Å². The van der Waals surface area contributed by atoms with E-state index in [1.807, 2.05) is 6.07 Å². The summed E-state index contributed by atoms with van der Waals surface area (Å²) in [5, 5.41) is 3.86. The number of rotatable bonds is 4. The number of nitrogen functional groups attached to an aromatic ring is 1. The second-order valence-electron chi connectivity index (χ2n) is 4.61. The lowest BCUT2D eigenvalue weighted by Gasteiger charge is -2.03. The van der Waals surface area contributed by atoms with Gasteiger partial charge in [0.15, 0.2) is 0 Å². The van der Waals surface area contributed by atoms with Crippen LogP contribution in [0.3, 0.4) is 0 Å². The van der Waals surface area contributed by atoms with Gasteiger partial charge in [-0.25, -0.2) is 8.78 Å². The van der Waals surface area contributed by atoms with Crippen molar-refractivity contribution in [2.24, 2.45) is 0 Å². The molecule has 0 saturated carbocycles. The number of anilines is 1. The SMILES string of the molecule is Nc1onc(CCc2ccco2)c1-c1cc(F)cc(F)c1. The molecule has 0 unspecified atom stereocenters. The van der Waals surface area contributed by atoms with Gasteiger partial charge >= 0.3 is 0 Å². The van der Waals surface area contributed by atoms with Gasteiger partial charge < -0.3 is 14.7 Å². The number of benzene rings is 1. The zero-order valence-corrected chi connectivity index (χ0v) is 11.0. The fourth-order valence-electron chi connectivity index (χ4n) is 2.21. The lowest BCUT2D eigenvalue weighted by atomic mass is 10.0. The molecule has 0 saturated heterocycles. The van der Waals surface area contributed by atoms with Crippen LogP contribution in [0.4, 0.5) is 14.7 Å². The van der Waals surface area contributed by atoms with Crippen LogP contribution < -0.4 is 5.73 Å². The third-order valence-electron chi connectivity index (χ3n) is 3.13. The van der Waals surface area contributed by atoms with E-state index < -0.39 is 11.6 Å². The maximum atomic E-state index is 13.3. The highest BCUT2D eigenvalue weighted by atomic mass is 19.1. The first kappa shape index (κ1) is 13.4. The van der Waals surface area contributed by atoms with Crippen LogP contribution in [0.2, 0.25) is 0 Å². The molecular weight excluding hydrogens is 278 g/mol. The number of halogens is 2. The highest BCUT2D eigenvalue weighted by Crippen LogP contribution is 2.31. The first-order chi connectivity index (χ1) is 10.1. The molecular formula is C15H12F2N2O2. The summed E-state index contributed by atoms with van der Waals surface area (Å²) in [5.41, 5.74) is 6.98. The molecule has 0 radical (unpaired) electrons. The minimum Gasteiger partial charge on any atom is -0.469 e. The number of nitrogens with zero attached hydrogens (tertiary/aromatic N) is 1. The minimum atomic E-state index is -0.678. The van der Waals surface area contributed by atoms with Gasteiger partial charge in [-0.2, -0.15) is 0 Å². The van der Waals surface area contributed by atoms with Crippen LogP contribution in [0, 0.1) is 11.6 Å². The molecule has 0 aliphatic heterocycles. The summed E-state index contributed by atoms with van der Waals surface area (Å²) in [5.74, 6) is -0.535. The number of hydrogen-bond donors (Lipinski definition) is 1. The predicted molar refractivity (Wildman–Crippen MR) is 72.4 cm³/mol. The highest BCUT2D eigenvalue weighted by Gasteiger charge is 2.17. The van der Waals surface area contributed by atoms with Crippen molar-refractivity contribution in [3.8, 4) is 11.1 Å². The Hall–Kier alpha value is -2.63. The van der Waals surface area contributed by atoms with Crippen molar-refractivity contribution >= 4 is 5.88 Å². The van der Waals surface area contributed by atoms with E-state index in [2.05, 4.69) is 5.16 Å². The molecule has 0 spiro atoms. The maximum absolute atomic E-state index is 13.3. The minimum absolute atomic E-state index is 0.0365. The van der Waals surface area contributed by atoms with Crippen molar-refractivity contribution in [1.29, 1.82) is 0 Å². The second-order valence-corrected chi connectivity index (χ2v) is 4.61. The largest absolute Gasteiger partial charge is 0.469 e. The van der Waals surface area contributed by atoms with Gasteiger partial charge in [0.25, 0.3) is 0 Å². The van der Waals surface area contributed by atoms with E-state index in [1.165, 1.54) is 12.1 Å². The molecule has 0 fully saturated rings. The average molecular weight is 290 g/mol. The second kappa shape index (κ2) is 5.40. The van der Waals surface area contributed by atoms with Gasteiger partial charge in [-0.3, -0.25) is 0 Å². The van der Waals surface area contributed by atoms with E-state index in [1.54, 1.807) is 12.3 Å². The Morgan fingerprint density at radius 2 is 1.86 bits per heavy atom. The Kier molecular flexibility index (Phi) is 3.43. The molecule has 4 nitrogen and oxygen atoms in total. The fourth-order valence-corrected chi connectivity index (χ4v) is 2.21. The monoisotopic (exact) mass is 290 g/mol. The zero-order valence-electron chi connectivity index (χ0n) is 11.0. The number of nitrogens with two attached hydrogens (primary N) is 1. The van der Waals surface area contributed by atoms with Crippen LogP contribution in [0.5, 0.6) is 0 Å². The van der Waals surface area contributed by atoms with Crippen LogP contribution in [0.25, 0.3) is 11.1 Å². The van der Waals surface area contributed by atoms with E-state index in [4.69, 9.17) is 14.7 Å². The molecule has 0 aliphatic rings. The summed E-state index contributed by atoms with van der Waals surface area (Å²) in [6.45, 7) is 0. The number of aromatic nitrogens is 1. The molecule has 2 aromatic heterocycles. The van der Waals surface area contributed by atoms with Crippen molar-refractivity contribution in [2.75, 3.05) is 5.73 Å². The number of furan rings is 1. The molecule has 3 rings (SSSR count). The normalized spacial score (nSPS) is 11.0. The lowest BCUT2D eigenvalue weighted by molar-refractivity contribution is 0.425. The topological polar surface area (TPSA) is 65.2 Å². The molecule has 0 amide bonds. The van der Waals surface area contributed by atoms with E-state index in [9.17, 15) is 8.78 Å². The van der Waals surface area contributed by atoms with Gasteiger partial charge in [0, 0.05) is 18.9 Å². The van der Waals surface area contributed by atoms with Crippen molar-refractivity contribution in [2.45, 2.75) is 12.8 Å². The molecule has 1 aromatic carbocycles. The van der Waals surface area contributed by atoms with Crippen LogP contribution in [-0.4, -0.2) is 5.16 Å². The van der Waals surface area contributed by atoms with Crippen LogP contribution in [0.1, 0.15) is 11.5 Å². The fraction of sp³-hybridized carbons (Fsp3) is 0.133. The van der Waals surface area contributed by atoms with Gasteiger partial charge in [0.2, 0.25) is 5.88 Å². The summed E-state index contributed by atoms with van der Waals surface area (Å²) in [4.78, 5) is 0. The molecule has 21 heavy (non-hydrogen) atoms. The molecule has 3 aromatic rings.